The van der Waals surface area contributed by atoms with Crippen molar-refractivity contribution in [3.05, 3.63) is 28.8 Å². The minimum Gasteiger partial charge on any atom is -0.481 e. The molecule has 0 saturated carbocycles. The van der Waals surface area contributed by atoms with Gasteiger partial charge in [-0.15, -0.1) is 0 Å². The summed E-state index contributed by atoms with van der Waals surface area (Å²) in [6.07, 6.45) is -3.49. The molecule has 1 saturated heterocycles. The smallest absolute Gasteiger partial charge is 0.416 e. The quantitative estimate of drug-likeness (QED) is 0.906. The first-order valence-corrected chi connectivity index (χ1v) is 6.51. The van der Waals surface area contributed by atoms with Crippen molar-refractivity contribution in [1.82, 2.24) is 0 Å². The predicted octanol–water partition coefficient (Wildman–Crippen LogP) is 3.66. The van der Waals surface area contributed by atoms with Gasteiger partial charge in [0.15, 0.2) is 0 Å². The number of halogens is 4. The number of rotatable bonds is 2. The summed E-state index contributed by atoms with van der Waals surface area (Å²) >= 11 is 5.91. The summed E-state index contributed by atoms with van der Waals surface area (Å²) in [5.74, 6) is -1.22. The van der Waals surface area contributed by atoms with Gasteiger partial charge in [0.25, 0.3) is 0 Å². The van der Waals surface area contributed by atoms with Gasteiger partial charge in [-0.25, -0.2) is 0 Å². The largest absolute Gasteiger partial charge is 0.481 e. The first-order chi connectivity index (χ1) is 9.29. The molecule has 1 fully saturated rings. The van der Waals surface area contributed by atoms with E-state index in [9.17, 15) is 18.0 Å². The Morgan fingerprint density at radius 1 is 1.30 bits per heavy atom. The summed E-state index contributed by atoms with van der Waals surface area (Å²) in [5.41, 5.74) is -0.268. The lowest BCUT2D eigenvalue weighted by Crippen LogP contribution is -2.36. The van der Waals surface area contributed by atoms with Crippen molar-refractivity contribution in [3.63, 3.8) is 0 Å². The Kier molecular flexibility index (Phi) is 4.13. The van der Waals surface area contributed by atoms with Crippen molar-refractivity contribution >= 4 is 23.3 Å². The maximum atomic E-state index is 12.5. The molecule has 1 heterocycles. The van der Waals surface area contributed by atoms with Crippen LogP contribution in [0.4, 0.5) is 18.9 Å². The lowest BCUT2D eigenvalue weighted by atomic mass is 9.96. The van der Waals surface area contributed by atoms with Crippen molar-refractivity contribution in [2.24, 2.45) is 5.92 Å². The molecule has 0 radical (unpaired) electrons. The normalized spacial score (nSPS) is 17.3. The van der Waals surface area contributed by atoms with Gasteiger partial charge in [0, 0.05) is 13.1 Å². The van der Waals surface area contributed by atoms with Gasteiger partial charge in [0.2, 0.25) is 0 Å². The van der Waals surface area contributed by atoms with Crippen LogP contribution in [0, 0.1) is 5.92 Å². The van der Waals surface area contributed by atoms with E-state index in [0.717, 1.165) is 12.1 Å². The number of carboxylic acid groups (broad SMARTS) is 1. The lowest BCUT2D eigenvalue weighted by molar-refractivity contribution is -0.142. The third-order valence-corrected chi connectivity index (χ3v) is 3.76. The van der Waals surface area contributed by atoms with Crippen molar-refractivity contribution < 1.29 is 23.1 Å². The van der Waals surface area contributed by atoms with E-state index in [0.29, 0.717) is 31.6 Å². The number of aliphatic carboxylic acids is 1. The Bertz CT molecular complexity index is 511. The summed E-state index contributed by atoms with van der Waals surface area (Å²) in [6, 6.07) is 3.23. The highest BCUT2D eigenvalue weighted by atomic mass is 35.5. The number of hydrogen-bond acceptors (Lipinski definition) is 2. The van der Waals surface area contributed by atoms with Gasteiger partial charge in [0.1, 0.15) is 0 Å². The molecule has 110 valence electrons. The third kappa shape index (κ3) is 3.17. The second-order valence-electron chi connectivity index (χ2n) is 4.76. The van der Waals surface area contributed by atoms with Crippen LogP contribution in [0.3, 0.4) is 0 Å². The van der Waals surface area contributed by atoms with E-state index in [1.807, 2.05) is 4.90 Å². The van der Waals surface area contributed by atoms with Crippen LogP contribution in [0.25, 0.3) is 0 Å². The van der Waals surface area contributed by atoms with Gasteiger partial charge < -0.3 is 10.0 Å². The van der Waals surface area contributed by atoms with Gasteiger partial charge in [0.05, 0.1) is 22.2 Å². The first-order valence-electron chi connectivity index (χ1n) is 6.13. The topological polar surface area (TPSA) is 40.5 Å². The average molecular weight is 308 g/mol. The molecule has 20 heavy (non-hydrogen) atoms. The Labute approximate surface area is 118 Å². The summed E-state index contributed by atoms with van der Waals surface area (Å²) < 4.78 is 37.6. The predicted molar refractivity (Wildman–Crippen MR) is 69.0 cm³/mol. The second-order valence-corrected chi connectivity index (χ2v) is 5.17. The van der Waals surface area contributed by atoms with E-state index in [1.54, 1.807) is 0 Å². The van der Waals surface area contributed by atoms with Gasteiger partial charge in [-0.2, -0.15) is 13.2 Å². The number of carbonyl (C=O) groups is 1. The SMILES string of the molecule is O=C(O)C1CCN(c2ccc(C(F)(F)F)cc2Cl)CC1. The minimum atomic E-state index is -4.42. The van der Waals surface area contributed by atoms with E-state index in [2.05, 4.69) is 0 Å². The molecule has 7 heteroatoms. The van der Waals surface area contributed by atoms with Crippen molar-refractivity contribution in [3.8, 4) is 0 Å². The monoisotopic (exact) mass is 307 g/mol. The minimum absolute atomic E-state index is 0.0357. The molecule has 0 amide bonds. The lowest BCUT2D eigenvalue weighted by Gasteiger charge is -2.32. The van der Waals surface area contributed by atoms with E-state index in [1.165, 1.54) is 6.07 Å². The Hall–Kier alpha value is -1.43. The molecule has 1 aliphatic heterocycles. The Morgan fingerprint density at radius 3 is 2.35 bits per heavy atom. The number of carboxylic acids is 1. The van der Waals surface area contributed by atoms with Gasteiger partial charge in [-0.1, -0.05) is 11.6 Å². The molecule has 1 aromatic carbocycles. The zero-order valence-corrected chi connectivity index (χ0v) is 11.2. The average Bonchev–Trinajstić information content (AvgIpc) is 2.37. The molecule has 0 spiro atoms. The number of nitrogens with zero attached hydrogens (tertiary/aromatic N) is 1. The van der Waals surface area contributed by atoms with Crippen LogP contribution in [0.2, 0.25) is 5.02 Å². The molecule has 0 unspecified atom stereocenters. The molecule has 0 bridgehead atoms. The number of benzene rings is 1. The highest BCUT2D eigenvalue weighted by molar-refractivity contribution is 6.33. The number of hydrogen-bond donors (Lipinski definition) is 1. The molecule has 0 aliphatic carbocycles. The van der Waals surface area contributed by atoms with Gasteiger partial charge >= 0.3 is 12.1 Å². The Balaban J connectivity index is 2.13. The zero-order valence-electron chi connectivity index (χ0n) is 10.5. The number of piperidine rings is 1. The molecule has 2 rings (SSSR count). The standard InChI is InChI=1S/C13H13ClF3NO2/c14-10-7-9(13(15,16)17)1-2-11(10)18-5-3-8(4-6-18)12(19)20/h1-2,7-8H,3-6H2,(H,19,20). The van der Waals surface area contributed by atoms with Crippen molar-refractivity contribution in [2.45, 2.75) is 19.0 Å². The van der Waals surface area contributed by atoms with Crippen LogP contribution in [0.5, 0.6) is 0 Å². The highest BCUT2D eigenvalue weighted by Gasteiger charge is 2.32. The summed E-state index contributed by atoms with van der Waals surface area (Å²) in [5, 5.41) is 8.94. The third-order valence-electron chi connectivity index (χ3n) is 3.46. The second kappa shape index (κ2) is 5.52. The highest BCUT2D eigenvalue weighted by Crippen LogP contribution is 2.36. The molecule has 1 N–H and O–H groups in total. The molecular formula is C13H13ClF3NO2. The number of alkyl halides is 3. The van der Waals surface area contributed by atoms with Gasteiger partial charge in [-0.3, -0.25) is 4.79 Å². The number of anilines is 1. The molecule has 0 atom stereocenters. The van der Waals surface area contributed by atoms with E-state index >= 15 is 0 Å². The van der Waals surface area contributed by atoms with E-state index < -0.39 is 17.7 Å². The molecule has 3 nitrogen and oxygen atoms in total. The maximum Gasteiger partial charge on any atom is 0.416 e. The van der Waals surface area contributed by atoms with Crippen LogP contribution < -0.4 is 4.90 Å². The fourth-order valence-corrected chi connectivity index (χ4v) is 2.61. The summed E-state index contributed by atoms with van der Waals surface area (Å²) in [4.78, 5) is 12.7. The molecule has 1 aromatic rings. The molecule has 1 aliphatic rings. The molecule has 0 aromatic heterocycles. The van der Waals surface area contributed by atoms with Crippen LogP contribution in [0.15, 0.2) is 18.2 Å². The van der Waals surface area contributed by atoms with Crippen molar-refractivity contribution in [2.75, 3.05) is 18.0 Å². The summed E-state index contributed by atoms with van der Waals surface area (Å²) in [7, 11) is 0. The van der Waals surface area contributed by atoms with E-state index in [4.69, 9.17) is 16.7 Å². The van der Waals surface area contributed by atoms with E-state index in [-0.39, 0.29) is 10.9 Å². The van der Waals surface area contributed by atoms with Gasteiger partial charge in [-0.05, 0) is 31.0 Å². The van der Waals surface area contributed by atoms with Crippen LogP contribution >= 0.6 is 11.6 Å². The molecular weight excluding hydrogens is 295 g/mol. The Morgan fingerprint density at radius 2 is 1.90 bits per heavy atom. The zero-order chi connectivity index (χ0) is 14.9. The van der Waals surface area contributed by atoms with Crippen LogP contribution in [-0.2, 0) is 11.0 Å². The maximum absolute atomic E-state index is 12.5. The summed E-state index contributed by atoms with van der Waals surface area (Å²) in [6.45, 7) is 0.949. The fraction of sp³-hybridized carbons (Fsp3) is 0.462. The van der Waals surface area contributed by atoms with Crippen molar-refractivity contribution in [1.29, 1.82) is 0 Å². The van der Waals surface area contributed by atoms with Crippen LogP contribution in [0.1, 0.15) is 18.4 Å². The fourth-order valence-electron chi connectivity index (χ4n) is 2.31. The first kappa shape index (κ1) is 15.0. The van der Waals surface area contributed by atoms with Crippen LogP contribution in [-0.4, -0.2) is 24.2 Å².